The Kier molecular flexibility index (Phi) is 3.46. The summed E-state index contributed by atoms with van der Waals surface area (Å²) in [6, 6.07) is 7.35. The van der Waals surface area contributed by atoms with Gasteiger partial charge in [-0.25, -0.2) is 0 Å². The number of pyridine rings is 1. The maximum Gasteiger partial charge on any atom is 0.256 e. The van der Waals surface area contributed by atoms with Crippen molar-refractivity contribution in [2.24, 2.45) is 0 Å². The average molecular weight is 244 g/mol. The fourth-order valence-corrected chi connectivity index (χ4v) is 2.02. The zero-order valence-electron chi connectivity index (χ0n) is 10.6. The highest BCUT2D eigenvalue weighted by Gasteiger charge is 2.13. The van der Waals surface area contributed by atoms with Gasteiger partial charge in [-0.3, -0.25) is 9.59 Å². The lowest BCUT2D eigenvalue weighted by Gasteiger charge is -2.11. The first-order chi connectivity index (χ1) is 8.69. The third-order valence-electron chi connectivity index (χ3n) is 2.91. The highest BCUT2D eigenvalue weighted by atomic mass is 16.2. The van der Waals surface area contributed by atoms with E-state index in [0.29, 0.717) is 18.5 Å². The molecule has 94 valence electrons. The molecule has 18 heavy (non-hydrogen) atoms. The van der Waals surface area contributed by atoms with Gasteiger partial charge in [0, 0.05) is 24.7 Å². The minimum Gasteiger partial charge on any atom is -0.352 e. The van der Waals surface area contributed by atoms with E-state index in [1.807, 2.05) is 36.6 Å². The average Bonchev–Trinajstić information content (AvgIpc) is 2.40. The predicted molar refractivity (Wildman–Crippen MR) is 71.9 cm³/mol. The van der Waals surface area contributed by atoms with Crippen molar-refractivity contribution in [1.29, 1.82) is 0 Å². The van der Waals surface area contributed by atoms with Gasteiger partial charge >= 0.3 is 0 Å². The lowest BCUT2D eigenvalue weighted by Crippen LogP contribution is -2.29. The van der Waals surface area contributed by atoms with Crippen molar-refractivity contribution in [2.45, 2.75) is 20.4 Å². The molecule has 0 bridgehead atoms. The molecule has 0 fully saturated rings. The van der Waals surface area contributed by atoms with Crippen LogP contribution in [0.1, 0.15) is 24.2 Å². The number of aryl methyl sites for hydroxylation is 1. The first kappa shape index (κ1) is 12.4. The van der Waals surface area contributed by atoms with Gasteiger partial charge in [0.15, 0.2) is 0 Å². The number of benzene rings is 1. The Balaban J connectivity index is 2.73. The van der Waals surface area contributed by atoms with E-state index >= 15 is 0 Å². The molecule has 2 rings (SSSR count). The van der Waals surface area contributed by atoms with Crippen molar-refractivity contribution in [3.8, 4) is 0 Å². The number of hydrogen-bond donors (Lipinski definition) is 1. The number of amides is 1. The topological polar surface area (TPSA) is 51.1 Å². The van der Waals surface area contributed by atoms with Crippen LogP contribution < -0.4 is 10.7 Å². The summed E-state index contributed by atoms with van der Waals surface area (Å²) in [6.45, 7) is 5.04. The Bertz CT molecular complexity index is 644. The predicted octanol–water partition coefficient (Wildman–Crippen LogP) is 1.77. The second kappa shape index (κ2) is 5.04. The van der Waals surface area contributed by atoms with E-state index in [2.05, 4.69) is 5.32 Å². The third kappa shape index (κ3) is 2.01. The van der Waals surface area contributed by atoms with E-state index in [1.54, 1.807) is 12.3 Å². The number of aromatic nitrogens is 1. The molecule has 4 nitrogen and oxygen atoms in total. The summed E-state index contributed by atoms with van der Waals surface area (Å²) in [5, 5.41) is 3.25. The second-order valence-electron chi connectivity index (χ2n) is 4.03. The van der Waals surface area contributed by atoms with Crippen molar-refractivity contribution < 1.29 is 4.79 Å². The first-order valence-electron chi connectivity index (χ1n) is 6.09. The SMILES string of the molecule is CCNC(=O)c1cn(CC)c2ccccc2c1=O. The molecule has 0 radical (unpaired) electrons. The number of para-hydroxylation sites is 1. The van der Waals surface area contributed by atoms with Crippen LogP contribution in [0, 0.1) is 0 Å². The van der Waals surface area contributed by atoms with Crippen LogP contribution in [0.3, 0.4) is 0 Å². The van der Waals surface area contributed by atoms with Crippen molar-refractivity contribution in [3.63, 3.8) is 0 Å². The van der Waals surface area contributed by atoms with Crippen molar-refractivity contribution >= 4 is 16.8 Å². The summed E-state index contributed by atoms with van der Waals surface area (Å²) < 4.78 is 1.92. The molecule has 0 saturated heterocycles. The molecular formula is C14H16N2O2. The minimum atomic E-state index is -0.310. The van der Waals surface area contributed by atoms with Gasteiger partial charge < -0.3 is 9.88 Å². The fraction of sp³-hybridized carbons (Fsp3) is 0.286. The van der Waals surface area contributed by atoms with E-state index in [0.717, 1.165) is 5.52 Å². The van der Waals surface area contributed by atoms with E-state index in [-0.39, 0.29) is 16.9 Å². The molecule has 4 heteroatoms. The molecule has 0 saturated carbocycles. The fourth-order valence-electron chi connectivity index (χ4n) is 2.02. The van der Waals surface area contributed by atoms with Crippen LogP contribution in [-0.4, -0.2) is 17.0 Å². The standard InChI is InChI=1S/C14H16N2O2/c1-3-15-14(18)11-9-16(4-2)12-8-6-5-7-10(12)13(11)17/h5-9H,3-4H2,1-2H3,(H,15,18). The van der Waals surface area contributed by atoms with Gasteiger partial charge in [-0.05, 0) is 26.0 Å². The van der Waals surface area contributed by atoms with E-state index in [9.17, 15) is 9.59 Å². The number of hydrogen-bond acceptors (Lipinski definition) is 2. The maximum atomic E-state index is 12.2. The van der Waals surface area contributed by atoms with Crippen LogP contribution >= 0.6 is 0 Å². The summed E-state index contributed by atoms with van der Waals surface area (Å²) in [4.78, 5) is 24.1. The molecular weight excluding hydrogens is 228 g/mol. The maximum absolute atomic E-state index is 12.2. The molecule has 0 aliphatic carbocycles. The van der Waals surface area contributed by atoms with Gasteiger partial charge in [0.1, 0.15) is 5.56 Å². The van der Waals surface area contributed by atoms with Gasteiger partial charge in [0.25, 0.3) is 5.91 Å². The van der Waals surface area contributed by atoms with Crippen LogP contribution in [0.5, 0.6) is 0 Å². The van der Waals surface area contributed by atoms with Crippen LogP contribution in [-0.2, 0) is 6.54 Å². The van der Waals surface area contributed by atoms with Gasteiger partial charge in [-0.1, -0.05) is 12.1 Å². The smallest absolute Gasteiger partial charge is 0.256 e. The zero-order valence-corrected chi connectivity index (χ0v) is 10.6. The minimum absolute atomic E-state index is 0.206. The molecule has 1 aromatic heterocycles. The van der Waals surface area contributed by atoms with E-state index in [1.165, 1.54) is 0 Å². The summed E-state index contributed by atoms with van der Waals surface area (Å²) in [5.74, 6) is -0.310. The Morgan fingerprint density at radius 1 is 1.28 bits per heavy atom. The Morgan fingerprint density at radius 3 is 2.67 bits per heavy atom. The van der Waals surface area contributed by atoms with Gasteiger partial charge in [0.05, 0.1) is 5.52 Å². The van der Waals surface area contributed by atoms with Crippen LogP contribution in [0.4, 0.5) is 0 Å². The van der Waals surface area contributed by atoms with Crippen LogP contribution in [0.15, 0.2) is 35.3 Å². The van der Waals surface area contributed by atoms with E-state index in [4.69, 9.17) is 0 Å². The highest BCUT2D eigenvalue weighted by Crippen LogP contribution is 2.11. The monoisotopic (exact) mass is 244 g/mol. The molecule has 1 N–H and O–H groups in total. The quantitative estimate of drug-likeness (QED) is 0.894. The molecule has 0 aliphatic heterocycles. The Morgan fingerprint density at radius 2 is 2.00 bits per heavy atom. The number of carbonyl (C=O) groups is 1. The van der Waals surface area contributed by atoms with Gasteiger partial charge in [-0.2, -0.15) is 0 Å². The van der Waals surface area contributed by atoms with E-state index < -0.39 is 0 Å². The molecule has 1 aromatic carbocycles. The summed E-state index contributed by atoms with van der Waals surface area (Å²) in [6.07, 6.45) is 1.63. The van der Waals surface area contributed by atoms with Crippen molar-refractivity contribution in [1.82, 2.24) is 9.88 Å². The lowest BCUT2D eigenvalue weighted by atomic mass is 10.1. The largest absolute Gasteiger partial charge is 0.352 e. The molecule has 0 aliphatic rings. The summed E-state index contributed by atoms with van der Waals surface area (Å²) in [5.41, 5.74) is 0.858. The second-order valence-corrected chi connectivity index (χ2v) is 4.03. The number of fused-ring (bicyclic) bond motifs is 1. The first-order valence-corrected chi connectivity index (χ1v) is 6.09. The molecule has 0 spiro atoms. The highest BCUT2D eigenvalue weighted by molar-refractivity contribution is 5.97. The Hall–Kier alpha value is -2.10. The van der Waals surface area contributed by atoms with Crippen LogP contribution in [0.2, 0.25) is 0 Å². The van der Waals surface area contributed by atoms with Crippen molar-refractivity contribution in [2.75, 3.05) is 6.54 Å². The Labute approximate surface area is 105 Å². The molecule has 1 heterocycles. The number of carbonyl (C=O) groups excluding carboxylic acids is 1. The molecule has 0 atom stereocenters. The number of nitrogens with zero attached hydrogens (tertiary/aromatic N) is 1. The summed E-state index contributed by atoms with van der Waals surface area (Å²) >= 11 is 0. The molecule has 1 amide bonds. The third-order valence-corrected chi connectivity index (χ3v) is 2.91. The summed E-state index contributed by atoms with van der Waals surface area (Å²) in [7, 11) is 0. The molecule has 0 unspecified atom stereocenters. The zero-order chi connectivity index (χ0) is 13.1. The molecule has 2 aromatic rings. The lowest BCUT2D eigenvalue weighted by molar-refractivity contribution is 0.0954. The van der Waals surface area contributed by atoms with Gasteiger partial charge in [-0.15, -0.1) is 0 Å². The van der Waals surface area contributed by atoms with Crippen molar-refractivity contribution in [3.05, 3.63) is 46.2 Å². The van der Waals surface area contributed by atoms with Crippen LogP contribution in [0.25, 0.3) is 10.9 Å². The van der Waals surface area contributed by atoms with Gasteiger partial charge in [0.2, 0.25) is 5.43 Å². The number of rotatable bonds is 3. The normalized spacial score (nSPS) is 10.6. The number of nitrogens with one attached hydrogen (secondary N) is 1.